The van der Waals surface area contributed by atoms with Crippen molar-refractivity contribution in [1.82, 2.24) is 14.5 Å². The fourth-order valence-corrected chi connectivity index (χ4v) is 4.28. The number of benzene rings is 2. The Labute approximate surface area is 180 Å². The molecule has 2 aromatic carbocycles. The van der Waals surface area contributed by atoms with Gasteiger partial charge in [-0.05, 0) is 37.1 Å². The van der Waals surface area contributed by atoms with E-state index in [1.807, 2.05) is 49.1 Å². The van der Waals surface area contributed by atoms with Gasteiger partial charge in [-0.2, -0.15) is 0 Å². The van der Waals surface area contributed by atoms with Crippen molar-refractivity contribution in [2.75, 3.05) is 11.6 Å². The zero-order chi connectivity index (χ0) is 20.5. The molecule has 4 rings (SSSR count). The molecule has 0 saturated heterocycles. The summed E-state index contributed by atoms with van der Waals surface area (Å²) in [6.07, 6.45) is 0.652. The summed E-state index contributed by atoms with van der Waals surface area (Å²) >= 11 is 12.5. The maximum Gasteiger partial charge on any atom is 0.259 e. The van der Waals surface area contributed by atoms with Crippen LogP contribution in [0.2, 0.25) is 10.0 Å². The van der Waals surface area contributed by atoms with Gasteiger partial charge in [-0.25, -0.2) is 4.98 Å². The van der Waals surface area contributed by atoms with E-state index >= 15 is 0 Å². The third-order valence-electron chi connectivity index (χ3n) is 5.13. The highest BCUT2D eigenvalue weighted by atomic mass is 35.5. The topological polar surface area (TPSA) is 41.4 Å². The molecule has 0 radical (unpaired) electrons. The van der Waals surface area contributed by atoms with Gasteiger partial charge in [-0.1, -0.05) is 60.5 Å². The van der Waals surface area contributed by atoms with Gasteiger partial charge in [-0.3, -0.25) is 19.2 Å². The normalized spacial score (nSPS) is 14.1. The van der Waals surface area contributed by atoms with Crippen LogP contribution in [-0.2, 0) is 19.6 Å². The number of anilines is 2. The summed E-state index contributed by atoms with van der Waals surface area (Å²) in [5.74, 6) is 0.618. The fraction of sp³-hybridized carbons (Fsp3) is 0.273. The van der Waals surface area contributed by atoms with E-state index in [9.17, 15) is 4.79 Å². The van der Waals surface area contributed by atoms with E-state index in [-0.39, 0.29) is 5.56 Å². The molecule has 0 atom stereocenters. The van der Waals surface area contributed by atoms with Gasteiger partial charge < -0.3 is 0 Å². The SMILES string of the molecule is CCc1c(C)nc2n(c1=O)CN(Cc1ccccc1)CN2c1cc(Cl)cc(Cl)c1. The first-order valence-electron chi connectivity index (χ1n) is 9.56. The van der Waals surface area contributed by atoms with Gasteiger partial charge in [0.15, 0.2) is 0 Å². The van der Waals surface area contributed by atoms with E-state index in [1.165, 1.54) is 5.56 Å². The molecule has 0 unspecified atom stereocenters. The molecule has 29 heavy (non-hydrogen) atoms. The summed E-state index contributed by atoms with van der Waals surface area (Å²) in [7, 11) is 0. The summed E-state index contributed by atoms with van der Waals surface area (Å²) < 4.78 is 1.74. The fourth-order valence-electron chi connectivity index (χ4n) is 3.77. The van der Waals surface area contributed by atoms with Crippen LogP contribution in [0.1, 0.15) is 23.7 Å². The second-order valence-corrected chi connectivity index (χ2v) is 8.09. The second kappa shape index (κ2) is 8.19. The lowest BCUT2D eigenvalue weighted by Gasteiger charge is -2.38. The minimum absolute atomic E-state index is 0.00545. The predicted octanol–water partition coefficient (Wildman–Crippen LogP) is 4.99. The van der Waals surface area contributed by atoms with E-state index in [4.69, 9.17) is 28.2 Å². The first-order chi connectivity index (χ1) is 14.0. The van der Waals surface area contributed by atoms with Crippen LogP contribution in [0.25, 0.3) is 0 Å². The lowest BCUT2D eigenvalue weighted by atomic mass is 10.2. The van der Waals surface area contributed by atoms with Crippen LogP contribution in [0.5, 0.6) is 0 Å². The standard InChI is InChI=1S/C22H22Cl2N4O/c1-3-20-15(2)25-22-27(19-10-17(23)9-18(24)11-19)13-26(14-28(22)21(20)29)12-16-7-5-4-6-8-16/h4-11H,3,12-14H2,1-2H3. The molecule has 2 heterocycles. The molecule has 0 spiro atoms. The lowest BCUT2D eigenvalue weighted by Crippen LogP contribution is -2.47. The summed E-state index contributed by atoms with van der Waals surface area (Å²) in [5.41, 5.74) is 3.51. The molecule has 0 N–H and O–H groups in total. The van der Waals surface area contributed by atoms with E-state index in [0.29, 0.717) is 42.3 Å². The summed E-state index contributed by atoms with van der Waals surface area (Å²) in [6, 6.07) is 15.6. The van der Waals surface area contributed by atoms with E-state index in [0.717, 1.165) is 16.9 Å². The maximum atomic E-state index is 13.2. The highest BCUT2D eigenvalue weighted by Gasteiger charge is 2.28. The molecule has 1 aliphatic rings. The van der Waals surface area contributed by atoms with Crippen molar-refractivity contribution < 1.29 is 0 Å². The van der Waals surface area contributed by atoms with Gasteiger partial charge in [0.05, 0.1) is 13.3 Å². The first-order valence-corrected chi connectivity index (χ1v) is 10.3. The van der Waals surface area contributed by atoms with Crippen molar-refractivity contribution in [3.05, 3.63) is 85.8 Å². The third kappa shape index (κ3) is 4.04. The summed E-state index contributed by atoms with van der Waals surface area (Å²) in [4.78, 5) is 22.2. The minimum Gasteiger partial charge on any atom is -0.298 e. The number of hydrogen-bond acceptors (Lipinski definition) is 4. The van der Waals surface area contributed by atoms with Gasteiger partial charge in [-0.15, -0.1) is 0 Å². The largest absolute Gasteiger partial charge is 0.298 e. The van der Waals surface area contributed by atoms with Crippen molar-refractivity contribution in [2.24, 2.45) is 0 Å². The van der Waals surface area contributed by atoms with Crippen LogP contribution < -0.4 is 10.5 Å². The van der Waals surface area contributed by atoms with Gasteiger partial charge in [0.2, 0.25) is 5.95 Å². The molecule has 1 aliphatic heterocycles. The number of hydrogen-bond donors (Lipinski definition) is 0. The van der Waals surface area contributed by atoms with Crippen molar-refractivity contribution in [3.63, 3.8) is 0 Å². The molecule has 0 aliphatic carbocycles. The highest BCUT2D eigenvalue weighted by Crippen LogP contribution is 2.32. The Morgan fingerprint density at radius 1 is 1.03 bits per heavy atom. The molecule has 0 bridgehead atoms. The number of nitrogens with zero attached hydrogens (tertiary/aromatic N) is 4. The average Bonchev–Trinajstić information content (AvgIpc) is 2.68. The second-order valence-electron chi connectivity index (χ2n) is 7.22. The number of fused-ring (bicyclic) bond motifs is 1. The molecular weight excluding hydrogens is 407 g/mol. The Kier molecular flexibility index (Phi) is 5.63. The molecule has 3 aromatic rings. The van der Waals surface area contributed by atoms with Crippen LogP contribution in [0.15, 0.2) is 53.3 Å². The van der Waals surface area contributed by atoms with Crippen LogP contribution in [0, 0.1) is 6.92 Å². The molecular formula is C22H22Cl2N4O. The molecule has 150 valence electrons. The maximum absolute atomic E-state index is 13.2. The average molecular weight is 429 g/mol. The lowest BCUT2D eigenvalue weighted by molar-refractivity contribution is 0.189. The van der Waals surface area contributed by atoms with Crippen molar-refractivity contribution in [2.45, 2.75) is 33.5 Å². The summed E-state index contributed by atoms with van der Waals surface area (Å²) in [5, 5.41) is 1.09. The Balaban J connectivity index is 1.82. The van der Waals surface area contributed by atoms with Gasteiger partial charge in [0, 0.05) is 33.5 Å². The molecule has 0 saturated carbocycles. The van der Waals surface area contributed by atoms with Crippen LogP contribution >= 0.6 is 23.2 Å². The molecule has 0 fully saturated rings. The Morgan fingerprint density at radius 3 is 2.38 bits per heavy atom. The monoisotopic (exact) mass is 428 g/mol. The highest BCUT2D eigenvalue weighted by molar-refractivity contribution is 6.35. The quantitative estimate of drug-likeness (QED) is 0.586. The van der Waals surface area contributed by atoms with Crippen molar-refractivity contribution in [3.8, 4) is 0 Å². The van der Waals surface area contributed by atoms with Gasteiger partial charge in [0.25, 0.3) is 5.56 Å². The Morgan fingerprint density at radius 2 is 1.72 bits per heavy atom. The number of halogens is 2. The van der Waals surface area contributed by atoms with Gasteiger partial charge in [0.1, 0.15) is 0 Å². The summed E-state index contributed by atoms with van der Waals surface area (Å²) in [6.45, 7) is 5.64. The van der Waals surface area contributed by atoms with Crippen molar-refractivity contribution in [1.29, 1.82) is 0 Å². The molecule has 5 nitrogen and oxygen atoms in total. The number of rotatable bonds is 4. The van der Waals surface area contributed by atoms with Crippen LogP contribution in [-0.4, -0.2) is 21.1 Å². The minimum atomic E-state index is 0.00545. The molecule has 1 aromatic heterocycles. The number of aryl methyl sites for hydroxylation is 1. The Bertz CT molecular complexity index is 1080. The smallest absolute Gasteiger partial charge is 0.259 e. The van der Waals surface area contributed by atoms with Crippen molar-refractivity contribution >= 4 is 34.8 Å². The van der Waals surface area contributed by atoms with E-state index in [1.54, 1.807) is 10.6 Å². The number of aromatic nitrogens is 2. The first kappa shape index (κ1) is 20.0. The van der Waals surface area contributed by atoms with E-state index < -0.39 is 0 Å². The van der Waals surface area contributed by atoms with Crippen LogP contribution in [0.3, 0.4) is 0 Å². The zero-order valence-corrected chi connectivity index (χ0v) is 17.9. The zero-order valence-electron chi connectivity index (χ0n) is 16.4. The van der Waals surface area contributed by atoms with Crippen LogP contribution in [0.4, 0.5) is 11.6 Å². The van der Waals surface area contributed by atoms with Gasteiger partial charge >= 0.3 is 0 Å². The van der Waals surface area contributed by atoms with E-state index in [2.05, 4.69) is 17.0 Å². The predicted molar refractivity (Wildman–Crippen MR) is 118 cm³/mol. The molecule has 0 amide bonds. The molecule has 7 heteroatoms. The Hall–Kier alpha value is -2.34. The third-order valence-corrected chi connectivity index (χ3v) is 5.57.